The molecule has 0 aliphatic rings. The van der Waals surface area contributed by atoms with E-state index in [2.05, 4.69) is 5.32 Å². The summed E-state index contributed by atoms with van der Waals surface area (Å²) in [5, 5.41) is 32.7. The average molecular weight is 445 g/mol. The number of nitrogens with zero attached hydrogens (tertiary/aromatic N) is 3. The van der Waals surface area contributed by atoms with Gasteiger partial charge >= 0.3 is 0 Å². The van der Waals surface area contributed by atoms with Gasteiger partial charge in [0.2, 0.25) is 0 Å². The van der Waals surface area contributed by atoms with Crippen molar-refractivity contribution in [1.82, 2.24) is 0 Å². The number of nitrogens with one attached hydrogen (secondary N) is 1. The zero-order valence-electron chi connectivity index (χ0n) is 16.3. The van der Waals surface area contributed by atoms with Gasteiger partial charge in [0.15, 0.2) is 0 Å². The van der Waals surface area contributed by atoms with Crippen LogP contribution in [0.15, 0.2) is 72.3 Å². The van der Waals surface area contributed by atoms with Gasteiger partial charge in [-0.05, 0) is 54.1 Å². The summed E-state index contributed by atoms with van der Waals surface area (Å²) in [4.78, 5) is 22.7. The molecule has 0 unspecified atom stereocenters. The Balaban J connectivity index is 1.82. The molecular formula is C23H13ClN4O4. The van der Waals surface area contributed by atoms with Crippen LogP contribution in [0.5, 0.6) is 11.5 Å². The second-order valence-electron chi connectivity index (χ2n) is 6.35. The Kier molecular flexibility index (Phi) is 6.81. The number of hydrogen-bond donors (Lipinski definition) is 1. The van der Waals surface area contributed by atoms with Gasteiger partial charge in [-0.2, -0.15) is 10.5 Å². The third-order valence-corrected chi connectivity index (χ3v) is 4.41. The Labute approximate surface area is 187 Å². The average Bonchev–Trinajstić information content (AvgIpc) is 2.79. The zero-order chi connectivity index (χ0) is 23.1. The van der Waals surface area contributed by atoms with Crippen molar-refractivity contribution in [3.8, 4) is 23.6 Å². The molecule has 8 nitrogen and oxygen atoms in total. The Morgan fingerprint density at radius 3 is 2.50 bits per heavy atom. The molecule has 0 heterocycles. The predicted molar refractivity (Wildman–Crippen MR) is 118 cm³/mol. The highest BCUT2D eigenvalue weighted by Crippen LogP contribution is 2.29. The SMILES string of the molecule is N#C/C(=C\c1cccc(Oc2ccc([N+](=O)[O-])cc2C#N)c1)C(=O)Nc1ccc(Cl)cc1. The normalized spacial score (nSPS) is 10.5. The number of benzene rings is 3. The van der Waals surface area contributed by atoms with Gasteiger partial charge in [-0.3, -0.25) is 14.9 Å². The van der Waals surface area contributed by atoms with Crippen molar-refractivity contribution >= 4 is 35.0 Å². The smallest absolute Gasteiger partial charge is 0.271 e. The molecule has 0 saturated carbocycles. The number of nitro benzene ring substituents is 1. The number of halogens is 1. The molecule has 0 atom stereocenters. The van der Waals surface area contributed by atoms with Gasteiger partial charge in [0.25, 0.3) is 11.6 Å². The van der Waals surface area contributed by atoms with E-state index in [1.165, 1.54) is 18.2 Å². The molecule has 0 spiro atoms. The van der Waals surface area contributed by atoms with Crippen LogP contribution in [-0.4, -0.2) is 10.8 Å². The summed E-state index contributed by atoms with van der Waals surface area (Å²) >= 11 is 5.82. The molecule has 0 aromatic heterocycles. The molecule has 0 bridgehead atoms. The molecule has 32 heavy (non-hydrogen) atoms. The third kappa shape index (κ3) is 5.48. The van der Waals surface area contributed by atoms with Crippen molar-refractivity contribution in [2.75, 3.05) is 5.32 Å². The molecular weight excluding hydrogens is 432 g/mol. The highest BCUT2D eigenvalue weighted by molar-refractivity contribution is 6.30. The van der Waals surface area contributed by atoms with Crippen molar-refractivity contribution in [1.29, 1.82) is 10.5 Å². The van der Waals surface area contributed by atoms with Gasteiger partial charge in [0, 0.05) is 22.8 Å². The van der Waals surface area contributed by atoms with Crippen molar-refractivity contribution < 1.29 is 14.5 Å². The van der Waals surface area contributed by atoms with Crippen LogP contribution in [0.2, 0.25) is 5.02 Å². The van der Waals surface area contributed by atoms with Gasteiger partial charge in [-0.15, -0.1) is 0 Å². The Morgan fingerprint density at radius 2 is 1.84 bits per heavy atom. The molecule has 0 saturated heterocycles. The summed E-state index contributed by atoms with van der Waals surface area (Å²) in [6.45, 7) is 0. The largest absolute Gasteiger partial charge is 0.456 e. The maximum atomic E-state index is 12.4. The van der Waals surface area contributed by atoms with E-state index in [1.807, 2.05) is 12.1 Å². The van der Waals surface area contributed by atoms with Crippen LogP contribution in [0.3, 0.4) is 0 Å². The van der Waals surface area contributed by atoms with E-state index in [-0.39, 0.29) is 22.6 Å². The Morgan fingerprint density at radius 1 is 1.09 bits per heavy atom. The number of ether oxygens (including phenoxy) is 1. The fourth-order valence-electron chi connectivity index (χ4n) is 2.65. The van der Waals surface area contributed by atoms with Crippen molar-refractivity contribution in [2.45, 2.75) is 0 Å². The first-order valence-electron chi connectivity index (χ1n) is 9.05. The van der Waals surface area contributed by atoms with Gasteiger partial charge in [-0.25, -0.2) is 0 Å². The molecule has 156 valence electrons. The molecule has 0 fully saturated rings. The summed E-state index contributed by atoms with van der Waals surface area (Å²) in [6, 6.07) is 20.3. The first kappa shape index (κ1) is 22.0. The summed E-state index contributed by atoms with van der Waals surface area (Å²) in [7, 11) is 0. The molecule has 1 amide bonds. The number of anilines is 1. The molecule has 1 N–H and O–H groups in total. The number of hydrogen-bond acceptors (Lipinski definition) is 6. The van der Waals surface area contributed by atoms with Gasteiger partial charge in [0.1, 0.15) is 34.8 Å². The second-order valence-corrected chi connectivity index (χ2v) is 6.79. The van der Waals surface area contributed by atoms with Crippen LogP contribution >= 0.6 is 11.6 Å². The maximum absolute atomic E-state index is 12.4. The lowest BCUT2D eigenvalue weighted by Crippen LogP contribution is -2.13. The van der Waals surface area contributed by atoms with Crippen molar-refractivity contribution in [3.63, 3.8) is 0 Å². The molecule has 3 aromatic rings. The predicted octanol–water partition coefficient (Wildman–Crippen LogP) is 5.46. The Bertz CT molecular complexity index is 1300. The topological polar surface area (TPSA) is 129 Å². The lowest BCUT2D eigenvalue weighted by Gasteiger charge is -2.08. The number of rotatable bonds is 6. The van der Waals surface area contributed by atoms with Gasteiger partial charge in [-0.1, -0.05) is 23.7 Å². The lowest BCUT2D eigenvalue weighted by atomic mass is 10.1. The van der Waals surface area contributed by atoms with E-state index >= 15 is 0 Å². The van der Waals surface area contributed by atoms with Crippen LogP contribution in [0.1, 0.15) is 11.1 Å². The molecule has 0 aliphatic heterocycles. The van der Waals surface area contributed by atoms with E-state index in [0.717, 1.165) is 6.07 Å². The fraction of sp³-hybridized carbons (Fsp3) is 0. The minimum atomic E-state index is -0.603. The van der Waals surface area contributed by atoms with Gasteiger partial charge in [0.05, 0.1) is 4.92 Å². The van der Waals surface area contributed by atoms with Gasteiger partial charge < -0.3 is 10.1 Å². The highest BCUT2D eigenvalue weighted by Gasteiger charge is 2.13. The lowest BCUT2D eigenvalue weighted by molar-refractivity contribution is -0.384. The number of nitriles is 2. The van der Waals surface area contributed by atoms with E-state index in [9.17, 15) is 25.4 Å². The van der Waals surface area contributed by atoms with Crippen LogP contribution in [0, 0.1) is 32.8 Å². The molecule has 3 rings (SSSR count). The Hall–Kier alpha value is -4.66. The monoisotopic (exact) mass is 444 g/mol. The van der Waals surface area contributed by atoms with E-state index in [1.54, 1.807) is 48.5 Å². The zero-order valence-corrected chi connectivity index (χ0v) is 17.0. The first-order valence-corrected chi connectivity index (χ1v) is 9.42. The standard InChI is InChI=1S/C23H13ClN4O4/c24-18-4-6-19(7-5-18)27-23(29)17(14-26)10-15-2-1-3-21(11-15)32-22-9-8-20(28(30)31)12-16(22)13-25/h1-12H,(H,27,29)/b17-10+. The summed E-state index contributed by atoms with van der Waals surface area (Å²) in [5.74, 6) is -0.136. The number of amides is 1. The van der Waals surface area contributed by atoms with Crippen LogP contribution in [0.25, 0.3) is 6.08 Å². The van der Waals surface area contributed by atoms with Crippen LogP contribution in [-0.2, 0) is 4.79 Å². The number of non-ortho nitro benzene ring substituents is 1. The third-order valence-electron chi connectivity index (χ3n) is 4.16. The summed E-state index contributed by atoms with van der Waals surface area (Å²) < 4.78 is 5.69. The van der Waals surface area contributed by atoms with Crippen molar-refractivity contribution in [3.05, 3.63) is 98.6 Å². The summed E-state index contributed by atoms with van der Waals surface area (Å²) in [5.41, 5.74) is 0.631. The first-order chi connectivity index (χ1) is 15.4. The van der Waals surface area contributed by atoms with E-state index < -0.39 is 10.8 Å². The molecule has 9 heteroatoms. The fourth-order valence-corrected chi connectivity index (χ4v) is 2.78. The number of carbonyl (C=O) groups is 1. The highest BCUT2D eigenvalue weighted by atomic mass is 35.5. The van der Waals surface area contributed by atoms with E-state index in [4.69, 9.17) is 16.3 Å². The van der Waals surface area contributed by atoms with Crippen LogP contribution in [0.4, 0.5) is 11.4 Å². The summed E-state index contributed by atoms with van der Waals surface area (Å²) in [6.07, 6.45) is 1.39. The minimum Gasteiger partial charge on any atom is -0.456 e. The maximum Gasteiger partial charge on any atom is 0.271 e. The van der Waals surface area contributed by atoms with Crippen LogP contribution < -0.4 is 10.1 Å². The molecule has 3 aromatic carbocycles. The number of nitro groups is 1. The van der Waals surface area contributed by atoms with E-state index in [0.29, 0.717) is 22.0 Å². The molecule has 0 radical (unpaired) electrons. The quantitative estimate of drug-likeness (QED) is 0.232. The number of carbonyl (C=O) groups excluding carboxylic acids is 1. The van der Waals surface area contributed by atoms with Crippen molar-refractivity contribution in [2.24, 2.45) is 0 Å². The minimum absolute atomic E-state index is 0.000186. The molecule has 0 aliphatic carbocycles. The second kappa shape index (κ2) is 9.90.